The largest absolute Gasteiger partial charge is 0.489 e. The maximum absolute atomic E-state index is 11.9. The highest BCUT2D eigenvalue weighted by Gasteiger charge is 2.21. The first-order chi connectivity index (χ1) is 11.4. The number of rotatable bonds is 5. The van der Waals surface area contributed by atoms with Gasteiger partial charge in [-0.3, -0.25) is 4.79 Å². The highest BCUT2D eigenvalue weighted by molar-refractivity contribution is 5.97. The van der Waals surface area contributed by atoms with Gasteiger partial charge in [0, 0.05) is 11.8 Å². The van der Waals surface area contributed by atoms with Crippen molar-refractivity contribution in [1.29, 1.82) is 0 Å². The van der Waals surface area contributed by atoms with Crippen LogP contribution in [0, 0.1) is 0 Å². The maximum Gasteiger partial charge on any atom is 0.243 e. The Morgan fingerprint density at radius 1 is 1.21 bits per heavy atom. The Bertz CT molecular complexity index is 753. The fourth-order valence-electron chi connectivity index (χ4n) is 2.16. The van der Waals surface area contributed by atoms with Crippen molar-refractivity contribution in [3.05, 3.63) is 48.0 Å². The fourth-order valence-corrected chi connectivity index (χ4v) is 2.16. The van der Waals surface area contributed by atoms with Gasteiger partial charge in [-0.1, -0.05) is 12.1 Å². The van der Waals surface area contributed by atoms with Gasteiger partial charge < -0.3 is 25.3 Å². The average Bonchev–Trinajstić information content (AvgIpc) is 3.00. The molecular weight excluding hydrogens is 308 g/mol. The quantitative estimate of drug-likeness (QED) is 0.882. The summed E-state index contributed by atoms with van der Waals surface area (Å²) in [6.45, 7) is 3.93. The van der Waals surface area contributed by atoms with Crippen LogP contribution in [0.5, 0.6) is 17.2 Å². The molecule has 0 aromatic heterocycles. The third kappa shape index (κ3) is 3.78. The van der Waals surface area contributed by atoms with Gasteiger partial charge in [0.2, 0.25) is 12.7 Å². The number of fused-ring (bicyclic) bond motifs is 1. The van der Waals surface area contributed by atoms with Crippen LogP contribution in [0.15, 0.2) is 42.5 Å². The minimum atomic E-state index is -0.932. The van der Waals surface area contributed by atoms with Crippen molar-refractivity contribution in [3.63, 3.8) is 0 Å². The topological polar surface area (TPSA) is 82.8 Å². The van der Waals surface area contributed by atoms with Crippen LogP contribution in [-0.2, 0) is 11.4 Å². The fraction of sp³-hybridized carbons (Fsp3) is 0.278. The number of hydrogen-bond acceptors (Lipinski definition) is 5. The van der Waals surface area contributed by atoms with Crippen molar-refractivity contribution in [1.82, 2.24) is 0 Å². The maximum atomic E-state index is 11.9. The molecule has 126 valence electrons. The zero-order valence-electron chi connectivity index (χ0n) is 13.7. The lowest BCUT2D eigenvalue weighted by molar-refractivity contribution is -0.120. The Balaban J connectivity index is 1.63. The smallest absolute Gasteiger partial charge is 0.243 e. The molecule has 1 amide bonds. The highest BCUT2D eigenvalue weighted by Crippen LogP contribution is 2.35. The van der Waals surface area contributed by atoms with Gasteiger partial charge in [-0.2, -0.15) is 0 Å². The van der Waals surface area contributed by atoms with Crippen LogP contribution in [-0.4, -0.2) is 18.2 Å². The normalized spacial score (nSPS) is 12.8. The van der Waals surface area contributed by atoms with E-state index in [9.17, 15) is 4.79 Å². The summed E-state index contributed by atoms with van der Waals surface area (Å²) in [4.78, 5) is 11.9. The van der Waals surface area contributed by atoms with E-state index in [1.165, 1.54) is 0 Å². The molecule has 1 heterocycles. The molecule has 0 spiro atoms. The second-order valence-electron chi connectivity index (χ2n) is 6.18. The molecule has 24 heavy (non-hydrogen) atoms. The van der Waals surface area contributed by atoms with Crippen LogP contribution in [0.3, 0.4) is 0 Å². The molecule has 6 nitrogen and oxygen atoms in total. The summed E-state index contributed by atoms with van der Waals surface area (Å²) < 4.78 is 16.4. The summed E-state index contributed by atoms with van der Waals surface area (Å²) in [6, 6.07) is 12.9. The van der Waals surface area contributed by atoms with Crippen LogP contribution < -0.4 is 25.3 Å². The molecule has 0 aliphatic carbocycles. The van der Waals surface area contributed by atoms with Gasteiger partial charge >= 0.3 is 0 Å². The first-order valence-corrected chi connectivity index (χ1v) is 7.63. The molecule has 0 fully saturated rings. The minimum absolute atomic E-state index is 0.234. The third-order valence-electron chi connectivity index (χ3n) is 3.52. The van der Waals surface area contributed by atoms with Crippen molar-refractivity contribution in [2.24, 2.45) is 5.73 Å². The average molecular weight is 328 g/mol. The van der Waals surface area contributed by atoms with E-state index in [4.69, 9.17) is 19.9 Å². The summed E-state index contributed by atoms with van der Waals surface area (Å²) in [7, 11) is 0. The lowest BCUT2D eigenvalue weighted by Gasteiger charge is -2.18. The minimum Gasteiger partial charge on any atom is -0.489 e. The zero-order chi connectivity index (χ0) is 17.2. The lowest BCUT2D eigenvalue weighted by atomic mass is 10.1. The summed E-state index contributed by atoms with van der Waals surface area (Å²) in [5.74, 6) is 1.85. The van der Waals surface area contributed by atoms with Crippen LogP contribution in [0.25, 0.3) is 0 Å². The number of ether oxygens (including phenoxy) is 3. The Morgan fingerprint density at radius 3 is 2.79 bits per heavy atom. The van der Waals surface area contributed by atoms with Crippen molar-refractivity contribution in [2.45, 2.75) is 26.0 Å². The molecule has 6 heteroatoms. The van der Waals surface area contributed by atoms with Crippen LogP contribution >= 0.6 is 0 Å². The monoisotopic (exact) mass is 328 g/mol. The second kappa shape index (κ2) is 6.41. The standard InChI is InChI=1S/C18H20N2O4/c1-18(2,19)17(21)20-13-5-3-4-12(8-13)10-22-14-6-7-15-16(9-14)24-11-23-15/h3-9H,10-11,19H2,1-2H3,(H,20,21). The Kier molecular flexibility index (Phi) is 4.31. The molecule has 0 unspecified atom stereocenters. The van der Waals surface area contributed by atoms with Crippen LogP contribution in [0.4, 0.5) is 5.69 Å². The lowest BCUT2D eigenvalue weighted by Crippen LogP contribution is -2.45. The molecule has 0 saturated heterocycles. The summed E-state index contributed by atoms with van der Waals surface area (Å²) in [6.07, 6.45) is 0. The van der Waals surface area contributed by atoms with E-state index in [2.05, 4.69) is 5.32 Å². The van der Waals surface area contributed by atoms with Crippen LogP contribution in [0.1, 0.15) is 19.4 Å². The predicted octanol–water partition coefficient (Wildman–Crippen LogP) is 2.67. The molecule has 0 saturated carbocycles. The predicted molar refractivity (Wildman–Crippen MR) is 90.2 cm³/mol. The second-order valence-corrected chi connectivity index (χ2v) is 6.18. The number of hydrogen-bond donors (Lipinski definition) is 2. The van der Waals surface area contributed by atoms with E-state index in [0.717, 1.165) is 11.3 Å². The van der Waals surface area contributed by atoms with Crippen molar-refractivity contribution >= 4 is 11.6 Å². The molecule has 1 aliphatic heterocycles. The number of nitrogens with two attached hydrogens (primary N) is 1. The Labute approximate surface area is 140 Å². The Hall–Kier alpha value is -2.73. The van der Waals surface area contributed by atoms with E-state index in [0.29, 0.717) is 23.8 Å². The number of anilines is 1. The summed E-state index contributed by atoms with van der Waals surface area (Å²) in [5.41, 5.74) is 6.47. The molecule has 0 bridgehead atoms. The van der Waals surface area contributed by atoms with Crippen molar-refractivity contribution < 1.29 is 19.0 Å². The molecule has 3 rings (SSSR count). The van der Waals surface area contributed by atoms with Crippen molar-refractivity contribution in [2.75, 3.05) is 12.1 Å². The molecule has 1 aliphatic rings. The molecule has 0 atom stereocenters. The number of nitrogens with one attached hydrogen (secondary N) is 1. The van der Waals surface area contributed by atoms with Crippen molar-refractivity contribution in [3.8, 4) is 17.2 Å². The molecule has 0 radical (unpaired) electrons. The van der Waals surface area contributed by atoms with E-state index in [1.807, 2.05) is 36.4 Å². The van der Waals surface area contributed by atoms with E-state index in [1.54, 1.807) is 19.9 Å². The zero-order valence-corrected chi connectivity index (χ0v) is 13.7. The Morgan fingerprint density at radius 2 is 2.00 bits per heavy atom. The molecular formula is C18H20N2O4. The van der Waals surface area contributed by atoms with E-state index in [-0.39, 0.29) is 12.7 Å². The molecule has 3 N–H and O–H groups in total. The molecule has 2 aromatic rings. The van der Waals surface area contributed by atoms with E-state index >= 15 is 0 Å². The number of carbonyl (C=O) groups excluding carboxylic acids is 1. The highest BCUT2D eigenvalue weighted by atomic mass is 16.7. The number of carbonyl (C=O) groups is 1. The number of amides is 1. The van der Waals surface area contributed by atoms with Gasteiger partial charge in [-0.15, -0.1) is 0 Å². The van der Waals surface area contributed by atoms with Gasteiger partial charge in [-0.25, -0.2) is 0 Å². The van der Waals surface area contributed by atoms with E-state index < -0.39 is 5.54 Å². The first kappa shape index (κ1) is 16.1. The van der Waals surface area contributed by atoms with Gasteiger partial charge in [0.1, 0.15) is 12.4 Å². The summed E-state index contributed by atoms with van der Waals surface area (Å²) in [5, 5.41) is 2.80. The molecule has 2 aromatic carbocycles. The third-order valence-corrected chi connectivity index (χ3v) is 3.52. The van der Waals surface area contributed by atoms with Gasteiger partial charge in [0.25, 0.3) is 0 Å². The van der Waals surface area contributed by atoms with Crippen LogP contribution in [0.2, 0.25) is 0 Å². The van der Waals surface area contributed by atoms with Gasteiger partial charge in [0.05, 0.1) is 5.54 Å². The van der Waals surface area contributed by atoms with Gasteiger partial charge in [0.15, 0.2) is 11.5 Å². The summed E-state index contributed by atoms with van der Waals surface area (Å²) >= 11 is 0. The SMILES string of the molecule is CC(C)(N)C(=O)Nc1cccc(COc2ccc3c(c2)OCO3)c1. The first-order valence-electron chi connectivity index (χ1n) is 7.63. The van der Waals surface area contributed by atoms with Gasteiger partial charge in [-0.05, 0) is 43.7 Å². The number of benzene rings is 2.